The van der Waals surface area contributed by atoms with Gasteiger partial charge < -0.3 is 9.40 Å². The summed E-state index contributed by atoms with van der Waals surface area (Å²) in [6.07, 6.45) is 0. The number of hydrogen-bond acceptors (Lipinski definition) is 2. The van der Waals surface area contributed by atoms with Gasteiger partial charge in [0.05, 0.1) is 5.52 Å². The number of nitrogens with one attached hydrogen (secondary N) is 1. The highest BCUT2D eigenvalue weighted by Gasteiger charge is 2.11. The minimum Gasteiger partial charge on any atom is -0.450 e. The minimum atomic E-state index is -0.103. The largest absolute Gasteiger partial charge is 0.450 e. The molecule has 0 radical (unpaired) electrons. The van der Waals surface area contributed by atoms with Gasteiger partial charge in [-0.3, -0.25) is 4.79 Å². The molecule has 2 heterocycles. The van der Waals surface area contributed by atoms with E-state index in [0.717, 1.165) is 27.7 Å². The molecule has 0 amide bonds. The topological polar surface area (TPSA) is 46.0 Å². The van der Waals surface area contributed by atoms with Crippen LogP contribution in [0.15, 0.2) is 69.9 Å². The molecule has 0 aliphatic heterocycles. The van der Waals surface area contributed by atoms with Crippen molar-refractivity contribution in [1.29, 1.82) is 0 Å². The molecular weight excluding hydrogens is 250 g/mol. The Balaban J connectivity index is 2.11. The van der Waals surface area contributed by atoms with Crippen molar-refractivity contribution < 1.29 is 4.42 Å². The van der Waals surface area contributed by atoms with Crippen molar-refractivity contribution in [3.8, 4) is 11.3 Å². The van der Waals surface area contributed by atoms with Crippen molar-refractivity contribution in [3.05, 3.63) is 70.9 Å². The summed E-state index contributed by atoms with van der Waals surface area (Å²) >= 11 is 0. The Kier molecular flexibility index (Phi) is 2.27. The van der Waals surface area contributed by atoms with Gasteiger partial charge in [-0.2, -0.15) is 0 Å². The molecule has 0 spiro atoms. The van der Waals surface area contributed by atoms with Crippen LogP contribution in [0.5, 0.6) is 0 Å². The van der Waals surface area contributed by atoms with E-state index in [2.05, 4.69) is 4.98 Å². The van der Waals surface area contributed by atoms with E-state index in [1.165, 1.54) is 0 Å². The number of aromatic nitrogens is 1. The second-order valence-electron chi connectivity index (χ2n) is 4.72. The monoisotopic (exact) mass is 261 g/mol. The Morgan fingerprint density at radius 3 is 2.50 bits per heavy atom. The lowest BCUT2D eigenvalue weighted by atomic mass is 10.1. The number of fused-ring (bicyclic) bond motifs is 3. The summed E-state index contributed by atoms with van der Waals surface area (Å²) in [4.78, 5) is 15.5. The zero-order valence-corrected chi connectivity index (χ0v) is 10.6. The summed E-state index contributed by atoms with van der Waals surface area (Å²) in [5.41, 5.74) is 3.54. The van der Waals surface area contributed by atoms with Crippen LogP contribution >= 0.6 is 0 Å². The lowest BCUT2D eigenvalue weighted by molar-refractivity contribution is 0.665. The average Bonchev–Trinajstić information content (AvgIpc) is 2.88. The van der Waals surface area contributed by atoms with E-state index in [1.807, 2.05) is 54.6 Å². The van der Waals surface area contributed by atoms with Crippen LogP contribution in [0.3, 0.4) is 0 Å². The number of aromatic amines is 1. The minimum absolute atomic E-state index is 0.103. The Hall–Kier alpha value is -2.81. The first kappa shape index (κ1) is 11.1. The van der Waals surface area contributed by atoms with Crippen molar-refractivity contribution in [3.63, 3.8) is 0 Å². The number of H-pyrrole nitrogens is 1. The molecule has 0 saturated heterocycles. The van der Waals surface area contributed by atoms with Gasteiger partial charge in [0.15, 0.2) is 5.58 Å². The number of hydrogen-bond donors (Lipinski definition) is 1. The first-order chi connectivity index (χ1) is 9.83. The first-order valence-electron chi connectivity index (χ1n) is 6.43. The molecule has 2 aromatic heterocycles. The van der Waals surface area contributed by atoms with Crippen LogP contribution in [-0.4, -0.2) is 4.98 Å². The molecule has 0 fully saturated rings. The van der Waals surface area contributed by atoms with Gasteiger partial charge in [-0.25, -0.2) is 0 Å². The van der Waals surface area contributed by atoms with Gasteiger partial charge in [0.2, 0.25) is 5.43 Å². The normalized spacial score (nSPS) is 11.2. The fourth-order valence-electron chi connectivity index (χ4n) is 2.48. The van der Waals surface area contributed by atoms with Crippen molar-refractivity contribution >= 4 is 22.1 Å². The second kappa shape index (κ2) is 4.10. The van der Waals surface area contributed by atoms with Gasteiger partial charge in [-0.1, -0.05) is 42.5 Å². The van der Waals surface area contributed by atoms with E-state index < -0.39 is 0 Å². The van der Waals surface area contributed by atoms with Crippen LogP contribution in [0.2, 0.25) is 0 Å². The van der Waals surface area contributed by atoms with Crippen LogP contribution in [0.25, 0.3) is 33.3 Å². The van der Waals surface area contributed by atoms with Crippen LogP contribution in [0, 0.1) is 0 Å². The van der Waals surface area contributed by atoms with Gasteiger partial charge in [-0.15, -0.1) is 0 Å². The molecule has 0 atom stereocenters. The standard InChI is InChI=1S/C17H11NO2/c19-14-10-13(11-6-2-1-3-7-11)18-16-12-8-4-5-9-15(12)20-17(14)16/h1-10H,(H,18,19). The number of benzene rings is 2. The number of rotatable bonds is 1. The molecular formula is C17H11NO2. The summed E-state index contributed by atoms with van der Waals surface area (Å²) in [5, 5.41) is 0.928. The van der Waals surface area contributed by atoms with Crippen molar-refractivity contribution in [2.75, 3.05) is 0 Å². The zero-order valence-electron chi connectivity index (χ0n) is 10.6. The maximum absolute atomic E-state index is 12.2. The van der Waals surface area contributed by atoms with Crippen molar-refractivity contribution in [2.45, 2.75) is 0 Å². The Labute approximate surface area is 114 Å². The highest BCUT2D eigenvalue weighted by molar-refractivity contribution is 6.02. The quantitative estimate of drug-likeness (QED) is 0.564. The third-order valence-corrected chi connectivity index (χ3v) is 3.44. The SMILES string of the molecule is O=c1cc(-c2ccccc2)[nH]c2c1oc1ccccc12. The van der Waals surface area contributed by atoms with Gasteiger partial charge in [0.1, 0.15) is 5.58 Å². The first-order valence-corrected chi connectivity index (χ1v) is 6.43. The fourth-order valence-corrected chi connectivity index (χ4v) is 2.48. The fraction of sp³-hybridized carbons (Fsp3) is 0. The zero-order chi connectivity index (χ0) is 13.5. The molecule has 2 aromatic carbocycles. The van der Waals surface area contributed by atoms with Crippen LogP contribution in [0.1, 0.15) is 0 Å². The number of pyridine rings is 1. The Morgan fingerprint density at radius 1 is 0.900 bits per heavy atom. The molecule has 0 aliphatic rings. The van der Waals surface area contributed by atoms with Crippen LogP contribution in [0.4, 0.5) is 0 Å². The molecule has 0 aliphatic carbocycles. The van der Waals surface area contributed by atoms with E-state index in [1.54, 1.807) is 6.07 Å². The summed E-state index contributed by atoms with van der Waals surface area (Å²) in [6.45, 7) is 0. The summed E-state index contributed by atoms with van der Waals surface area (Å²) in [6, 6.07) is 19.0. The second-order valence-corrected chi connectivity index (χ2v) is 4.72. The highest BCUT2D eigenvalue weighted by atomic mass is 16.3. The smallest absolute Gasteiger partial charge is 0.225 e. The van der Waals surface area contributed by atoms with Gasteiger partial charge in [-0.05, 0) is 17.7 Å². The lowest BCUT2D eigenvalue weighted by Gasteiger charge is -2.01. The van der Waals surface area contributed by atoms with E-state index >= 15 is 0 Å². The predicted octanol–water partition coefficient (Wildman–Crippen LogP) is 3.94. The number of para-hydroxylation sites is 1. The molecule has 3 nitrogen and oxygen atoms in total. The van der Waals surface area contributed by atoms with E-state index in [9.17, 15) is 4.79 Å². The maximum atomic E-state index is 12.2. The summed E-state index contributed by atoms with van der Waals surface area (Å²) in [7, 11) is 0. The Bertz CT molecular complexity index is 965. The molecule has 3 heteroatoms. The van der Waals surface area contributed by atoms with Gasteiger partial charge >= 0.3 is 0 Å². The number of furan rings is 1. The summed E-state index contributed by atoms with van der Waals surface area (Å²) < 4.78 is 5.63. The molecule has 4 aromatic rings. The third-order valence-electron chi connectivity index (χ3n) is 3.44. The average molecular weight is 261 g/mol. The van der Waals surface area contributed by atoms with Crippen LogP contribution < -0.4 is 5.43 Å². The van der Waals surface area contributed by atoms with E-state index in [0.29, 0.717) is 5.58 Å². The van der Waals surface area contributed by atoms with Gasteiger partial charge in [0.25, 0.3) is 0 Å². The molecule has 1 N–H and O–H groups in total. The predicted molar refractivity (Wildman–Crippen MR) is 79.8 cm³/mol. The highest BCUT2D eigenvalue weighted by Crippen LogP contribution is 2.27. The molecule has 4 rings (SSSR count). The maximum Gasteiger partial charge on any atom is 0.225 e. The Morgan fingerprint density at radius 2 is 1.65 bits per heavy atom. The van der Waals surface area contributed by atoms with Crippen LogP contribution in [-0.2, 0) is 0 Å². The molecule has 0 saturated carbocycles. The van der Waals surface area contributed by atoms with E-state index in [4.69, 9.17) is 4.42 Å². The van der Waals surface area contributed by atoms with Crippen molar-refractivity contribution in [2.24, 2.45) is 0 Å². The molecule has 96 valence electrons. The van der Waals surface area contributed by atoms with Crippen molar-refractivity contribution in [1.82, 2.24) is 4.98 Å². The lowest BCUT2D eigenvalue weighted by Crippen LogP contribution is -2.00. The molecule has 0 unspecified atom stereocenters. The summed E-state index contributed by atoms with van der Waals surface area (Å²) in [5.74, 6) is 0. The van der Waals surface area contributed by atoms with E-state index in [-0.39, 0.29) is 5.43 Å². The molecule has 0 bridgehead atoms. The third kappa shape index (κ3) is 1.57. The molecule has 20 heavy (non-hydrogen) atoms. The van der Waals surface area contributed by atoms with Gasteiger partial charge in [0, 0.05) is 17.1 Å².